The molecule has 2 heterocycles. The number of amides is 2. The van der Waals surface area contributed by atoms with Crippen molar-refractivity contribution >= 4 is 34.8 Å². The van der Waals surface area contributed by atoms with Crippen LogP contribution in [0.2, 0.25) is 0 Å². The molecule has 2 aromatic carbocycles. The minimum Gasteiger partial charge on any atom is -0.376 e. The highest BCUT2D eigenvalue weighted by Gasteiger charge is 2.23. The summed E-state index contributed by atoms with van der Waals surface area (Å²) in [6, 6.07) is 14.0. The van der Waals surface area contributed by atoms with Crippen molar-refractivity contribution in [3.05, 3.63) is 59.2 Å². The van der Waals surface area contributed by atoms with Crippen LogP contribution in [0, 0.1) is 0 Å². The molecular formula is C25H30ClN3O3. The van der Waals surface area contributed by atoms with Gasteiger partial charge in [0, 0.05) is 49.9 Å². The van der Waals surface area contributed by atoms with Crippen LogP contribution in [-0.2, 0) is 22.5 Å². The molecule has 1 atom stereocenters. The number of hydrogen-bond acceptors (Lipinski definition) is 4. The van der Waals surface area contributed by atoms with Gasteiger partial charge < -0.3 is 20.3 Å². The highest BCUT2D eigenvalue weighted by Crippen LogP contribution is 2.30. The number of alkyl halides is 1. The van der Waals surface area contributed by atoms with Gasteiger partial charge in [-0.05, 0) is 55.0 Å². The van der Waals surface area contributed by atoms with Crippen molar-refractivity contribution in [2.75, 3.05) is 35.8 Å². The Morgan fingerprint density at radius 3 is 2.78 bits per heavy atom. The predicted octanol–water partition coefficient (Wildman–Crippen LogP) is 4.12. The molecule has 2 N–H and O–H groups in total. The summed E-state index contributed by atoms with van der Waals surface area (Å²) in [7, 11) is 0. The second-order valence-electron chi connectivity index (χ2n) is 8.36. The van der Waals surface area contributed by atoms with E-state index in [1.54, 1.807) is 6.07 Å². The Labute approximate surface area is 194 Å². The number of fused-ring (bicyclic) bond motifs is 1. The van der Waals surface area contributed by atoms with E-state index in [-0.39, 0.29) is 17.9 Å². The summed E-state index contributed by atoms with van der Waals surface area (Å²) in [6.45, 7) is 2.84. The third-order valence-corrected chi connectivity index (χ3v) is 6.32. The van der Waals surface area contributed by atoms with Gasteiger partial charge in [-0.2, -0.15) is 0 Å². The van der Waals surface area contributed by atoms with Gasteiger partial charge in [0.2, 0.25) is 5.91 Å². The second kappa shape index (κ2) is 10.8. The summed E-state index contributed by atoms with van der Waals surface area (Å²) in [5.74, 6) is 0.196. The minimum absolute atomic E-state index is 0.0719. The zero-order valence-corrected chi connectivity index (χ0v) is 19.0. The number of anilines is 2. The van der Waals surface area contributed by atoms with Crippen molar-refractivity contribution in [3.8, 4) is 0 Å². The Balaban J connectivity index is 1.55. The first kappa shape index (κ1) is 22.6. The topological polar surface area (TPSA) is 70.7 Å². The zero-order valence-electron chi connectivity index (χ0n) is 18.2. The predicted molar refractivity (Wildman–Crippen MR) is 128 cm³/mol. The molecule has 1 saturated heterocycles. The summed E-state index contributed by atoms with van der Waals surface area (Å²) >= 11 is 5.70. The average molecular weight is 456 g/mol. The molecule has 1 unspecified atom stereocenters. The van der Waals surface area contributed by atoms with Crippen LogP contribution in [0.5, 0.6) is 0 Å². The third-order valence-electron chi connectivity index (χ3n) is 6.05. The maximum absolute atomic E-state index is 13.2. The van der Waals surface area contributed by atoms with E-state index in [2.05, 4.69) is 39.8 Å². The van der Waals surface area contributed by atoms with E-state index < -0.39 is 0 Å². The van der Waals surface area contributed by atoms with Crippen molar-refractivity contribution in [3.63, 3.8) is 0 Å². The first-order chi connectivity index (χ1) is 15.6. The van der Waals surface area contributed by atoms with Crippen molar-refractivity contribution in [1.29, 1.82) is 0 Å². The molecule has 2 aliphatic rings. The molecule has 6 nitrogen and oxygen atoms in total. The average Bonchev–Trinajstić information content (AvgIpc) is 3.34. The van der Waals surface area contributed by atoms with Gasteiger partial charge in [0.05, 0.1) is 11.7 Å². The highest BCUT2D eigenvalue weighted by atomic mass is 35.5. The van der Waals surface area contributed by atoms with E-state index in [1.165, 1.54) is 11.1 Å². The van der Waals surface area contributed by atoms with E-state index in [4.69, 9.17) is 16.3 Å². The fourth-order valence-electron chi connectivity index (χ4n) is 4.33. The number of nitrogens with one attached hydrogen (secondary N) is 2. The molecule has 2 aromatic rings. The molecule has 170 valence electrons. The Bertz CT molecular complexity index is 959. The van der Waals surface area contributed by atoms with Crippen LogP contribution < -0.4 is 15.5 Å². The Kier molecular flexibility index (Phi) is 7.66. The molecule has 1 fully saturated rings. The van der Waals surface area contributed by atoms with Crippen LogP contribution >= 0.6 is 11.6 Å². The summed E-state index contributed by atoms with van der Waals surface area (Å²) in [6.07, 6.45) is 3.98. The number of nitrogens with zero attached hydrogens (tertiary/aromatic N) is 1. The number of benzene rings is 2. The van der Waals surface area contributed by atoms with Crippen LogP contribution in [-0.4, -0.2) is 43.5 Å². The van der Waals surface area contributed by atoms with E-state index in [0.29, 0.717) is 36.5 Å². The Hall–Kier alpha value is -2.57. The number of rotatable bonds is 8. The summed E-state index contributed by atoms with van der Waals surface area (Å²) in [5.41, 5.74) is 4.70. The standard InChI is InChI=1S/C25H30ClN3O3/c26-12-3-8-24(30)28-20-9-10-23(29-13-11-18-5-1-2-6-19(18)17-29)22(15-20)25(31)27-16-21-7-4-14-32-21/h1-2,5-6,9-10,15,21H,3-4,7-8,11-14,16-17H2,(H,27,31)(H,28,30). The maximum atomic E-state index is 13.2. The highest BCUT2D eigenvalue weighted by molar-refractivity contribution is 6.18. The van der Waals surface area contributed by atoms with Gasteiger partial charge >= 0.3 is 0 Å². The second-order valence-corrected chi connectivity index (χ2v) is 8.74. The molecule has 32 heavy (non-hydrogen) atoms. The van der Waals surface area contributed by atoms with Gasteiger partial charge in [-0.3, -0.25) is 9.59 Å². The van der Waals surface area contributed by atoms with Crippen molar-refractivity contribution in [1.82, 2.24) is 5.32 Å². The monoisotopic (exact) mass is 455 g/mol. The first-order valence-electron chi connectivity index (χ1n) is 11.4. The fraction of sp³-hybridized carbons (Fsp3) is 0.440. The maximum Gasteiger partial charge on any atom is 0.253 e. The normalized spacial score (nSPS) is 17.7. The summed E-state index contributed by atoms with van der Waals surface area (Å²) in [4.78, 5) is 27.6. The molecular weight excluding hydrogens is 426 g/mol. The molecule has 0 aliphatic carbocycles. The molecule has 2 amide bonds. The number of halogens is 1. The molecule has 4 rings (SSSR count). The quantitative estimate of drug-likeness (QED) is 0.587. The number of carbonyl (C=O) groups is 2. The molecule has 0 bridgehead atoms. The van der Waals surface area contributed by atoms with Crippen LogP contribution in [0.15, 0.2) is 42.5 Å². The van der Waals surface area contributed by atoms with Crippen LogP contribution in [0.25, 0.3) is 0 Å². The summed E-state index contributed by atoms with van der Waals surface area (Å²) in [5, 5.41) is 5.93. The van der Waals surface area contributed by atoms with Crippen LogP contribution in [0.1, 0.15) is 47.2 Å². The van der Waals surface area contributed by atoms with Gasteiger partial charge in [0.25, 0.3) is 5.91 Å². The van der Waals surface area contributed by atoms with Gasteiger partial charge in [-0.1, -0.05) is 24.3 Å². The van der Waals surface area contributed by atoms with Crippen molar-refractivity contribution in [2.45, 2.75) is 44.8 Å². The lowest BCUT2D eigenvalue weighted by atomic mass is 9.98. The lowest BCUT2D eigenvalue weighted by molar-refractivity contribution is -0.116. The number of ether oxygens (including phenoxy) is 1. The fourth-order valence-corrected chi connectivity index (χ4v) is 4.46. The first-order valence-corrected chi connectivity index (χ1v) is 11.9. The van der Waals surface area contributed by atoms with Crippen molar-refractivity contribution in [2.24, 2.45) is 0 Å². The zero-order chi connectivity index (χ0) is 22.3. The molecule has 0 aromatic heterocycles. The lowest BCUT2D eigenvalue weighted by Crippen LogP contribution is -2.35. The molecule has 2 aliphatic heterocycles. The minimum atomic E-state index is -0.147. The van der Waals surface area contributed by atoms with Gasteiger partial charge in [0.15, 0.2) is 0 Å². The Morgan fingerprint density at radius 2 is 2.00 bits per heavy atom. The Morgan fingerprint density at radius 1 is 1.16 bits per heavy atom. The third kappa shape index (κ3) is 5.61. The van der Waals surface area contributed by atoms with Crippen molar-refractivity contribution < 1.29 is 14.3 Å². The molecule has 0 saturated carbocycles. The molecule has 7 heteroatoms. The van der Waals surface area contributed by atoms with E-state index >= 15 is 0 Å². The molecule has 0 spiro atoms. The van der Waals surface area contributed by atoms with E-state index in [0.717, 1.165) is 44.6 Å². The lowest BCUT2D eigenvalue weighted by Gasteiger charge is -2.32. The summed E-state index contributed by atoms with van der Waals surface area (Å²) < 4.78 is 5.65. The van der Waals surface area contributed by atoms with Gasteiger partial charge in [0.1, 0.15) is 0 Å². The van der Waals surface area contributed by atoms with Crippen LogP contribution in [0.3, 0.4) is 0 Å². The van der Waals surface area contributed by atoms with E-state index in [1.807, 2.05) is 12.1 Å². The number of hydrogen-bond donors (Lipinski definition) is 2. The smallest absolute Gasteiger partial charge is 0.253 e. The van der Waals surface area contributed by atoms with Gasteiger partial charge in [-0.25, -0.2) is 0 Å². The molecule has 0 radical (unpaired) electrons. The largest absolute Gasteiger partial charge is 0.376 e. The SMILES string of the molecule is O=C(CCCCl)Nc1ccc(N2CCc3ccccc3C2)c(C(=O)NCC2CCCO2)c1. The number of carbonyl (C=O) groups excluding carboxylic acids is 2. The van der Waals surface area contributed by atoms with E-state index in [9.17, 15) is 9.59 Å². The van der Waals surface area contributed by atoms with Crippen LogP contribution in [0.4, 0.5) is 11.4 Å². The van der Waals surface area contributed by atoms with Gasteiger partial charge in [-0.15, -0.1) is 11.6 Å².